The SMILES string of the molecule is c1cc(-c2noc(-c3cc(C4CCNC4)[nH]n3)n2)ccn1. The normalized spacial score (nSPS) is 18.2. The van der Waals surface area contributed by atoms with E-state index in [1.807, 2.05) is 18.2 Å². The minimum Gasteiger partial charge on any atom is -0.332 e. The standard InChI is InChI=1S/C14H14N6O/c1-4-15-5-2-9(1)13-17-14(21-20-13)12-7-11(18-19-12)10-3-6-16-8-10/h1-2,4-5,7,10,16H,3,6,8H2,(H,18,19). The molecule has 7 heteroatoms. The van der Waals surface area contributed by atoms with E-state index in [0.29, 0.717) is 23.3 Å². The van der Waals surface area contributed by atoms with Gasteiger partial charge in [0.25, 0.3) is 5.89 Å². The third-order valence-electron chi connectivity index (χ3n) is 3.68. The molecule has 1 aliphatic heterocycles. The Morgan fingerprint density at radius 1 is 1.24 bits per heavy atom. The Bertz CT molecular complexity index is 729. The Kier molecular flexibility index (Phi) is 2.97. The summed E-state index contributed by atoms with van der Waals surface area (Å²) in [5, 5.41) is 14.7. The summed E-state index contributed by atoms with van der Waals surface area (Å²) in [6.07, 6.45) is 4.52. The van der Waals surface area contributed by atoms with Crippen molar-refractivity contribution in [3.8, 4) is 23.0 Å². The molecule has 0 amide bonds. The van der Waals surface area contributed by atoms with Crippen molar-refractivity contribution in [2.24, 2.45) is 0 Å². The molecule has 2 N–H and O–H groups in total. The number of aromatic amines is 1. The molecule has 0 saturated carbocycles. The van der Waals surface area contributed by atoms with E-state index in [1.54, 1.807) is 12.4 Å². The zero-order chi connectivity index (χ0) is 14.1. The fraction of sp³-hybridized carbons (Fsp3) is 0.286. The van der Waals surface area contributed by atoms with Gasteiger partial charge in [-0.05, 0) is 31.2 Å². The summed E-state index contributed by atoms with van der Waals surface area (Å²) in [4.78, 5) is 8.36. The molecule has 3 aromatic heterocycles. The number of aromatic nitrogens is 5. The highest BCUT2D eigenvalue weighted by molar-refractivity contribution is 5.57. The van der Waals surface area contributed by atoms with Crippen molar-refractivity contribution in [1.29, 1.82) is 0 Å². The molecule has 0 spiro atoms. The van der Waals surface area contributed by atoms with E-state index < -0.39 is 0 Å². The predicted octanol–water partition coefficient (Wildman–Crippen LogP) is 1.60. The van der Waals surface area contributed by atoms with Crippen molar-refractivity contribution < 1.29 is 4.52 Å². The van der Waals surface area contributed by atoms with E-state index in [4.69, 9.17) is 4.52 Å². The molecule has 1 saturated heterocycles. The molecule has 4 heterocycles. The van der Waals surface area contributed by atoms with Gasteiger partial charge in [-0.3, -0.25) is 10.1 Å². The van der Waals surface area contributed by atoms with Crippen molar-refractivity contribution in [1.82, 2.24) is 30.6 Å². The van der Waals surface area contributed by atoms with E-state index in [0.717, 1.165) is 30.8 Å². The van der Waals surface area contributed by atoms with Gasteiger partial charge in [-0.25, -0.2) is 0 Å². The van der Waals surface area contributed by atoms with Gasteiger partial charge in [0.15, 0.2) is 5.69 Å². The molecule has 7 nitrogen and oxygen atoms in total. The average molecular weight is 282 g/mol. The molecule has 4 rings (SSSR count). The number of hydrogen-bond donors (Lipinski definition) is 2. The number of rotatable bonds is 3. The van der Waals surface area contributed by atoms with Gasteiger partial charge in [-0.2, -0.15) is 10.1 Å². The van der Waals surface area contributed by atoms with Crippen LogP contribution < -0.4 is 5.32 Å². The smallest absolute Gasteiger partial charge is 0.278 e. The molecule has 0 aromatic carbocycles. The van der Waals surface area contributed by atoms with Crippen molar-refractivity contribution >= 4 is 0 Å². The predicted molar refractivity (Wildman–Crippen MR) is 75.3 cm³/mol. The number of nitrogens with zero attached hydrogens (tertiary/aromatic N) is 4. The lowest BCUT2D eigenvalue weighted by Crippen LogP contribution is -2.08. The fourth-order valence-electron chi connectivity index (χ4n) is 2.52. The first-order chi connectivity index (χ1) is 10.4. The molecule has 1 aliphatic rings. The van der Waals surface area contributed by atoms with E-state index >= 15 is 0 Å². The second kappa shape index (κ2) is 5.10. The maximum atomic E-state index is 5.30. The molecule has 3 aromatic rings. The topological polar surface area (TPSA) is 92.5 Å². The van der Waals surface area contributed by atoms with Crippen LogP contribution in [-0.2, 0) is 0 Å². The van der Waals surface area contributed by atoms with Crippen molar-refractivity contribution in [3.63, 3.8) is 0 Å². The van der Waals surface area contributed by atoms with Crippen molar-refractivity contribution in [2.75, 3.05) is 13.1 Å². The van der Waals surface area contributed by atoms with Crippen LogP contribution in [0, 0.1) is 0 Å². The summed E-state index contributed by atoms with van der Waals surface area (Å²) in [5.41, 5.74) is 2.67. The summed E-state index contributed by atoms with van der Waals surface area (Å²) in [6, 6.07) is 5.67. The van der Waals surface area contributed by atoms with Crippen LogP contribution in [0.15, 0.2) is 35.1 Å². The van der Waals surface area contributed by atoms with E-state index in [9.17, 15) is 0 Å². The summed E-state index contributed by atoms with van der Waals surface area (Å²) in [7, 11) is 0. The zero-order valence-corrected chi connectivity index (χ0v) is 11.3. The monoisotopic (exact) mass is 282 g/mol. The van der Waals surface area contributed by atoms with Crippen LogP contribution in [0.5, 0.6) is 0 Å². The highest BCUT2D eigenvalue weighted by Crippen LogP contribution is 2.25. The number of H-pyrrole nitrogens is 1. The highest BCUT2D eigenvalue weighted by atomic mass is 16.5. The number of hydrogen-bond acceptors (Lipinski definition) is 6. The average Bonchev–Trinajstić information content (AvgIpc) is 3.27. The Morgan fingerprint density at radius 3 is 2.95 bits per heavy atom. The van der Waals surface area contributed by atoms with Gasteiger partial charge < -0.3 is 9.84 Å². The zero-order valence-electron chi connectivity index (χ0n) is 11.3. The summed E-state index contributed by atoms with van der Waals surface area (Å²) in [5.74, 6) is 1.45. The second-order valence-corrected chi connectivity index (χ2v) is 5.06. The van der Waals surface area contributed by atoms with Crippen LogP contribution in [0.4, 0.5) is 0 Å². The largest absolute Gasteiger partial charge is 0.332 e. The van der Waals surface area contributed by atoms with Crippen LogP contribution in [-0.4, -0.2) is 38.4 Å². The second-order valence-electron chi connectivity index (χ2n) is 5.06. The molecule has 0 radical (unpaired) electrons. The maximum absolute atomic E-state index is 5.30. The summed E-state index contributed by atoms with van der Waals surface area (Å²) >= 11 is 0. The van der Waals surface area contributed by atoms with Gasteiger partial charge in [0.05, 0.1) is 0 Å². The van der Waals surface area contributed by atoms with Crippen LogP contribution in [0.3, 0.4) is 0 Å². The van der Waals surface area contributed by atoms with Gasteiger partial charge in [-0.15, -0.1) is 0 Å². The minimum absolute atomic E-state index is 0.426. The molecule has 21 heavy (non-hydrogen) atoms. The number of pyridine rings is 1. The molecule has 106 valence electrons. The van der Waals surface area contributed by atoms with Gasteiger partial charge in [-0.1, -0.05) is 5.16 Å². The first kappa shape index (κ1) is 12.2. The van der Waals surface area contributed by atoms with Gasteiger partial charge in [0, 0.05) is 36.1 Å². The van der Waals surface area contributed by atoms with Gasteiger partial charge in [0.1, 0.15) is 0 Å². The van der Waals surface area contributed by atoms with E-state index in [2.05, 4.69) is 30.6 Å². The van der Waals surface area contributed by atoms with Crippen molar-refractivity contribution in [3.05, 3.63) is 36.3 Å². The Hall–Kier alpha value is -2.54. The highest BCUT2D eigenvalue weighted by Gasteiger charge is 2.21. The van der Waals surface area contributed by atoms with Crippen LogP contribution in [0.25, 0.3) is 23.0 Å². The lowest BCUT2D eigenvalue weighted by atomic mass is 10.1. The van der Waals surface area contributed by atoms with Gasteiger partial charge >= 0.3 is 0 Å². The first-order valence-electron chi connectivity index (χ1n) is 6.90. The Labute approximate surface area is 120 Å². The third-order valence-corrected chi connectivity index (χ3v) is 3.68. The molecular weight excluding hydrogens is 268 g/mol. The molecule has 0 bridgehead atoms. The molecule has 1 atom stereocenters. The fourth-order valence-corrected chi connectivity index (χ4v) is 2.52. The van der Waals surface area contributed by atoms with E-state index in [1.165, 1.54) is 0 Å². The van der Waals surface area contributed by atoms with Crippen LogP contribution in [0.1, 0.15) is 18.0 Å². The first-order valence-corrected chi connectivity index (χ1v) is 6.90. The molecule has 1 unspecified atom stereocenters. The molecule has 1 fully saturated rings. The molecular formula is C14H14N6O. The van der Waals surface area contributed by atoms with E-state index in [-0.39, 0.29) is 0 Å². The lowest BCUT2D eigenvalue weighted by Gasteiger charge is -2.02. The maximum Gasteiger partial charge on any atom is 0.278 e. The Morgan fingerprint density at radius 2 is 2.14 bits per heavy atom. The van der Waals surface area contributed by atoms with Crippen molar-refractivity contribution in [2.45, 2.75) is 12.3 Å². The van der Waals surface area contributed by atoms with Crippen LogP contribution >= 0.6 is 0 Å². The lowest BCUT2D eigenvalue weighted by molar-refractivity contribution is 0.431. The number of nitrogens with one attached hydrogen (secondary N) is 2. The Balaban J connectivity index is 1.61. The third kappa shape index (κ3) is 2.31. The summed E-state index contributed by atoms with van der Waals surface area (Å²) in [6.45, 7) is 2.03. The summed E-state index contributed by atoms with van der Waals surface area (Å²) < 4.78 is 5.30. The van der Waals surface area contributed by atoms with Gasteiger partial charge in [0.2, 0.25) is 5.82 Å². The molecule has 0 aliphatic carbocycles. The minimum atomic E-state index is 0.426. The quantitative estimate of drug-likeness (QED) is 0.758. The van der Waals surface area contributed by atoms with Crippen LogP contribution in [0.2, 0.25) is 0 Å².